The molecule has 1 aromatic heterocycles. The van der Waals surface area contributed by atoms with Crippen molar-refractivity contribution in [1.29, 1.82) is 0 Å². The SMILES string of the molecule is CNC(=O)c1scc(Br)c1OC. The van der Waals surface area contributed by atoms with Crippen molar-refractivity contribution in [3.05, 3.63) is 14.7 Å². The molecular weight excluding hydrogens is 242 g/mol. The third kappa shape index (κ3) is 1.61. The Morgan fingerprint density at radius 3 is 2.92 bits per heavy atom. The fourth-order valence-corrected chi connectivity index (χ4v) is 2.40. The van der Waals surface area contributed by atoms with Gasteiger partial charge in [-0.2, -0.15) is 0 Å². The van der Waals surface area contributed by atoms with E-state index >= 15 is 0 Å². The van der Waals surface area contributed by atoms with E-state index in [2.05, 4.69) is 21.2 Å². The number of carbonyl (C=O) groups excluding carboxylic acids is 1. The van der Waals surface area contributed by atoms with E-state index in [0.29, 0.717) is 10.6 Å². The Kier molecular flexibility index (Phi) is 3.11. The summed E-state index contributed by atoms with van der Waals surface area (Å²) < 4.78 is 5.86. The number of thiophene rings is 1. The summed E-state index contributed by atoms with van der Waals surface area (Å²) in [4.78, 5) is 11.8. The second-order valence-electron chi connectivity index (χ2n) is 2.03. The lowest BCUT2D eigenvalue weighted by Crippen LogP contribution is -2.16. The van der Waals surface area contributed by atoms with Gasteiger partial charge < -0.3 is 10.1 Å². The molecule has 3 nitrogen and oxygen atoms in total. The Labute approximate surface area is 82.9 Å². The van der Waals surface area contributed by atoms with E-state index in [0.717, 1.165) is 4.47 Å². The lowest BCUT2D eigenvalue weighted by Gasteiger charge is -2.00. The Bertz CT molecular complexity index is 298. The van der Waals surface area contributed by atoms with Gasteiger partial charge in [-0.3, -0.25) is 4.79 Å². The van der Waals surface area contributed by atoms with Crippen LogP contribution in [0, 0.1) is 0 Å². The molecule has 5 heteroatoms. The number of methoxy groups -OCH3 is 1. The smallest absolute Gasteiger partial charge is 0.264 e. The molecule has 0 aliphatic heterocycles. The number of ether oxygens (including phenoxy) is 1. The Morgan fingerprint density at radius 2 is 2.42 bits per heavy atom. The zero-order valence-corrected chi connectivity index (χ0v) is 9.08. The topological polar surface area (TPSA) is 38.3 Å². The van der Waals surface area contributed by atoms with Crippen LogP contribution in [0.3, 0.4) is 0 Å². The highest BCUT2D eigenvalue weighted by molar-refractivity contribution is 9.10. The zero-order valence-electron chi connectivity index (χ0n) is 6.68. The first kappa shape index (κ1) is 9.54. The van der Waals surface area contributed by atoms with E-state index in [4.69, 9.17) is 4.74 Å². The average molecular weight is 250 g/mol. The van der Waals surface area contributed by atoms with Gasteiger partial charge in [-0.15, -0.1) is 11.3 Å². The molecule has 1 N–H and O–H groups in total. The molecule has 0 saturated carbocycles. The van der Waals surface area contributed by atoms with Crippen molar-refractivity contribution in [3.8, 4) is 5.75 Å². The standard InChI is InChI=1S/C7H8BrNO2S/c1-9-7(10)6-5(11-2)4(8)3-12-6/h3H,1-2H3,(H,9,10). The van der Waals surface area contributed by atoms with Gasteiger partial charge >= 0.3 is 0 Å². The van der Waals surface area contributed by atoms with Crippen LogP contribution >= 0.6 is 27.3 Å². The number of halogens is 1. The number of carbonyl (C=O) groups is 1. The molecule has 1 aromatic rings. The predicted molar refractivity (Wildman–Crippen MR) is 52.0 cm³/mol. The van der Waals surface area contributed by atoms with Crippen LogP contribution in [-0.4, -0.2) is 20.1 Å². The second kappa shape index (κ2) is 3.91. The van der Waals surface area contributed by atoms with Crippen LogP contribution in [0.1, 0.15) is 9.67 Å². The molecule has 0 aliphatic carbocycles. The summed E-state index contributed by atoms with van der Waals surface area (Å²) in [6, 6.07) is 0. The van der Waals surface area contributed by atoms with Crippen LogP contribution in [-0.2, 0) is 0 Å². The number of hydrogen-bond donors (Lipinski definition) is 1. The fraction of sp³-hybridized carbons (Fsp3) is 0.286. The van der Waals surface area contributed by atoms with Gasteiger partial charge in [0.1, 0.15) is 4.88 Å². The Balaban J connectivity index is 3.07. The minimum absolute atomic E-state index is 0.123. The molecule has 1 amide bonds. The molecular formula is C7H8BrNO2S. The van der Waals surface area contributed by atoms with Crippen LogP contribution in [0.2, 0.25) is 0 Å². The van der Waals surface area contributed by atoms with Gasteiger partial charge in [-0.1, -0.05) is 0 Å². The van der Waals surface area contributed by atoms with Crippen molar-refractivity contribution >= 4 is 33.2 Å². The van der Waals surface area contributed by atoms with Gasteiger partial charge in [0.25, 0.3) is 5.91 Å². The fourth-order valence-electron chi connectivity index (χ4n) is 0.787. The maximum atomic E-state index is 11.2. The first-order chi connectivity index (χ1) is 5.70. The van der Waals surface area contributed by atoms with Gasteiger partial charge in [-0.25, -0.2) is 0 Å². The van der Waals surface area contributed by atoms with E-state index in [9.17, 15) is 4.79 Å². The molecule has 0 aliphatic rings. The molecule has 0 spiro atoms. The van der Waals surface area contributed by atoms with E-state index in [1.807, 2.05) is 5.38 Å². The quantitative estimate of drug-likeness (QED) is 0.870. The summed E-state index contributed by atoms with van der Waals surface area (Å²) in [5.74, 6) is 0.474. The summed E-state index contributed by atoms with van der Waals surface area (Å²) in [5, 5.41) is 4.36. The van der Waals surface area contributed by atoms with Gasteiger partial charge in [0.2, 0.25) is 0 Å². The predicted octanol–water partition coefficient (Wildman–Crippen LogP) is 1.88. The molecule has 0 saturated heterocycles. The lowest BCUT2D eigenvalue weighted by atomic mass is 10.4. The zero-order chi connectivity index (χ0) is 9.14. The largest absolute Gasteiger partial charge is 0.494 e. The molecule has 0 bridgehead atoms. The van der Waals surface area contributed by atoms with Crippen LogP contribution in [0.15, 0.2) is 9.85 Å². The maximum Gasteiger partial charge on any atom is 0.264 e. The van der Waals surface area contributed by atoms with Crippen molar-refractivity contribution in [2.45, 2.75) is 0 Å². The third-order valence-corrected chi connectivity index (χ3v) is 3.19. The number of rotatable bonds is 2. The van der Waals surface area contributed by atoms with Gasteiger partial charge in [-0.05, 0) is 15.9 Å². The molecule has 0 atom stereocenters. The molecule has 1 rings (SSSR count). The number of nitrogens with one attached hydrogen (secondary N) is 1. The first-order valence-electron chi connectivity index (χ1n) is 3.23. The third-order valence-electron chi connectivity index (χ3n) is 1.34. The highest BCUT2D eigenvalue weighted by Gasteiger charge is 2.15. The van der Waals surface area contributed by atoms with Crippen LogP contribution in [0.4, 0.5) is 0 Å². The first-order valence-corrected chi connectivity index (χ1v) is 4.91. The minimum Gasteiger partial charge on any atom is -0.494 e. The Morgan fingerprint density at radius 1 is 1.75 bits per heavy atom. The van der Waals surface area contributed by atoms with Crippen molar-refractivity contribution in [3.63, 3.8) is 0 Å². The molecule has 0 radical (unpaired) electrons. The summed E-state index contributed by atoms with van der Waals surface area (Å²) >= 11 is 4.63. The summed E-state index contributed by atoms with van der Waals surface area (Å²) in [6.07, 6.45) is 0. The summed E-state index contributed by atoms with van der Waals surface area (Å²) in [5.41, 5.74) is 0. The van der Waals surface area contributed by atoms with Crippen molar-refractivity contribution in [2.75, 3.05) is 14.2 Å². The summed E-state index contributed by atoms with van der Waals surface area (Å²) in [7, 11) is 3.13. The minimum atomic E-state index is -0.123. The molecule has 66 valence electrons. The number of amides is 1. The maximum absolute atomic E-state index is 11.2. The second-order valence-corrected chi connectivity index (χ2v) is 3.76. The molecule has 0 fully saturated rings. The molecule has 0 aromatic carbocycles. The van der Waals surface area contributed by atoms with Crippen molar-refractivity contribution in [2.24, 2.45) is 0 Å². The molecule has 1 heterocycles. The average Bonchev–Trinajstić information content (AvgIpc) is 2.45. The van der Waals surface area contributed by atoms with Gasteiger partial charge in [0, 0.05) is 12.4 Å². The highest BCUT2D eigenvalue weighted by atomic mass is 79.9. The molecule has 12 heavy (non-hydrogen) atoms. The summed E-state index contributed by atoms with van der Waals surface area (Å²) in [6.45, 7) is 0. The van der Waals surface area contributed by atoms with Gasteiger partial charge in [0.05, 0.1) is 11.6 Å². The van der Waals surface area contributed by atoms with Crippen LogP contribution in [0.25, 0.3) is 0 Å². The van der Waals surface area contributed by atoms with Gasteiger partial charge in [0.15, 0.2) is 5.75 Å². The van der Waals surface area contributed by atoms with Crippen molar-refractivity contribution < 1.29 is 9.53 Å². The lowest BCUT2D eigenvalue weighted by molar-refractivity contribution is 0.0964. The van der Waals surface area contributed by atoms with Crippen LogP contribution < -0.4 is 10.1 Å². The highest BCUT2D eigenvalue weighted by Crippen LogP contribution is 2.34. The van der Waals surface area contributed by atoms with E-state index in [1.165, 1.54) is 11.3 Å². The van der Waals surface area contributed by atoms with Crippen molar-refractivity contribution in [1.82, 2.24) is 5.32 Å². The van der Waals surface area contributed by atoms with E-state index in [1.54, 1.807) is 14.2 Å². The van der Waals surface area contributed by atoms with E-state index in [-0.39, 0.29) is 5.91 Å². The Hall–Kier alpha value is -0.550. The monoisotopic (exact) mass is 249 g/mol. The number of hydrogen-bond acceptors (Lipinski definition) is 3. The van der Waals surface area contributed by atoms with Crippen LogP contribution in [0.5, 0.6) is 5.75 Å². The van der Waals surface area contributed by atoms with E-state index < -0.39 is 0 Å². The normalized spacial score (nSPS) is 9.58. The molecule has 0 unspecified atom stereocenters.